The molecule has 1 saturated heterocycles. The molecule has 3 heteroatoms. The minimum Gasteiger partial charge on any atom is -0.379 e. The standard InChI is InChI=1S/C21H28N2O/c1-2-4-8-18(7-3-1)23-21-15-24-14-17(21)13-16-11-12-22-20-10-6-5-9-19(16)20/h5-6,9-12,17-18,21,23H,1-4,7-8,13-15H2/t17-,21-/m1/s1. The maximum absolute atomic E-state index is 5.85. The van der Waals surface area contributed by atoms with Crippen molar-refractivity contribution in [2.24, 2.45) is 5.92 Å². The van der Waals surface area contributed by atoms with E-state index < -0.39 is 0 Å². The lowest BCUT2D eigenvalue weighted by molar-refractivity contribution is 0.181. The van der Waals surface area contributed by atoms with Crippen molar-refractivity contribution in [3.8, 4) is 0 Å². The molecule has 0 amide bonds. The maximum atomic E-state index is 5.85. The summed E-state index contributed by atoms with van der Waals surface area (Å²) in [4.78, 5) is 4.49. The van der Waals surface area contributed by atoms with Crippen LogP contribution < -0.4 is 5.32 Å². The summed E-state index contributed by atoms with van der Waals surface area (Å²) in [5, 5.41) is 5.23. The van der Waals surface area contributed by atoms with Crippen LogP contribution in [0.3, 0.4) is 0 Å². The van der Waals surface area contributed by atoms with Gasteiger partial charge < -0.3 is 10.1 Å². The highest BCUT2D eigenvalue weighted by Crippen LogP contribution is 2.26. The smallest absolute Gasteiger partial charge is 0.0704 e. The first kappa shape index (κ1) is 16.0. The van der Waals surface area contributed by atoms with Crippen LogP contribution in [0.25, 0.3) is 10.9 Å². The molecular formula is C21H28N2O. The second kappa shape index (κ2) is 7.62. The Labute approximate surface area is 144 Å². The summed E-state index contributed by atoms with van der Waals surface area (Å²) in [7, 11) is 0. The van der Waals surface area contributed by atoms with Gasteiger partial charge in [0, 0.05) is 29.6 Å². The molecule has 1 aliphatic heterocycles. The third kappa shape index (κ3) is 3.62. The molecule has 1 N–H and O–H groups in total. The molecule has 1 aromatic heterocycles. The Bertz CT molecular complexity index is 658. The summed E-state index contributed by atoms with van der Waals surface area (Å²) >= 11 is 0. The molecule has 3 nitrogen and oxygen atoms in total. The third-order valence-electron chi connectivity index (χ3n) is 5.72. The number of hydrogen-bond donors (Lipinski definition) is 1. The highest BCUT2D eigenvalue weighted by Gasteiger charge is 2.30. The van der Waals surface area contributed by atoms with Crippen LogP contribution in [-0.2, 0) is 11.2 Å². The number of rotatable bonds is 4. The zero-order valence-corrected chi connectivity index (χ0v) is 14.4. The lowest BCUT2D eigenvalue weighted by Gasteiger charge is -2.25. The fourth-order valence-electron chi connectivity index (χ4n) is 4.35. The van der Waals surface area contributed by atoms with E-state index in [0.29, 0.717) is 18.0 Å². The zero-order chi connectivity index (χ0) is 16.2. The second-order valence-corrected chi connectivity index (χ2v) is 7.45. The fraction of sp³-hybridized carbons (Fsp3) is 0.571. The number of nitrogens with zero attached hydrogens (tertiary/aromatic N) is 1. The maximum Gasteiger partial charge on any atom is 0.0704 e. The molecule has 24 heavy (non-hydrogen) atoms. The summed E-state index contributed by atoms with van der Waals surface area (Å²) in [5.74, 6) is 0.569. The van der Waals surface area contributed by atoms with Crippen molar-refractivity contribution >= 4 is 10.9 Å². The third-order valence-corrected chi connectivity index (χ3v) is 5.72. The average Bonchev–Trinajstić information content (AvgIpc) is 2.88. The molecule has 4 rings (SSSR count). The van der Waals surface area contributed by atoms with Crippen molar-refractivity contribution in [1.29, 1.82) is 0 Å². The van der Waals surface area contributed by atoms with Crippen molar-refractivity contribution in [1.82, 2.24) is 10.3 Å². The lowest BCUT2D eigenvalue weighted by atomic mass is 9.92. The second-order valence-electron chi connectivity index (χ2n) is 7.45. The van der Waals surface area contributed by atoms with E-state index >= 15 is 0 Å². The predicted octanol–water partition coefficient (Wildman–Crippen LogP) is 4.10. The van der Waals surface area contributed by atoms with Crippen LogP contribution in [0.5, 0.6) is 0 Å². The summed E-state index contributed by atoms with van der Waals surface area (Å²) < 4.78 is 5.85. The van der Waals surface area contributed by atoms with E-state index in [1.54, 1.807) is 0 Å². The first-order valence-electron chi connectivity index (χ1n) is 9.56. The van der Waals surface area contributed by atoms with E-state index in [9.17, 15) is 0 Å². The normalized spacial score (nSPS) is 25.8. The van der Waals surface area contributed by atoms with Gasteiger partial charge in [-0.25, -0.2) is 0 Å². The van der Waals surface area contributed by atoms with Gasteiger partial charge in [0.15, 0.2) is 0 Å². The van der Waals surface area contributed by atoms with Gasteiger partial charge in [0.25, 0.3) is 0 Å². The predicted molar refractivity (Wildman–Crippen MR) is 98.2 cm³/mol. The fourth-order valence-corrected chi connectivity index (χ4v) is 4.35. The van der Waals surface area contributed by atoms with Gasteiger partial charge in [-0.1, -0.05) is 43.9 Å². The summed E-state index contributed by atoms with van der Waals surface area (Å²) in [5.41, 5.74) is 2.51. The molecular weight excluding hydrogens is 296 g/mol. The van der Waals surface area contributed by atoms with Crippen LogP contribution in [0.2, 0.25) is 0 Å². The van der Waals surface area contributed by atoms with E-state index in [0.717, 1.165) is 25.2 Å². The number of ether oxygens (including phenoxy) is 1. The molecule has 0 bridgehead atoms. The Kier molecular flexibility index (Phi) is 5.10. The highest BCUT2D eigenvalue weighted by molar-refractivity contribution is 5.81. The van der Waals surface area contributed by atoms with E-state index in [1.807, 2.05) is 6.20 Å². The number of fused-ring (bicyclic) bond motifs is 1. The Morgan fingerprint density at radius 2 is 1.83 bits per heavy atom. The molecule has 1 aliphatic carbocycles. The number of benzene rings is 1. The number of aromatic nitrogens is 1. The molecule has 128 valence electrons. The Morgan fingerprint density at radius 3 is 2.71 bits per heavy atom. The van der Waals surface area contributed by atoms with Crippen LogP contribution in [0.4, 0.5) is 0 Å². The minimum absolute atomic E-state index is 0.500. The molecule has 1 saturated carbocycles. The first-order chi connectivity index (χ1) is 11.9. The molecule has 2 heterocycles. The van der Waals surface area contributed by atoms with Crippen LogP contribution in [0.15, 0.2) is 36.5 Å². The van der Waals surface area contributed by atoms with Crippen molar-refractivity contribution in [3.63, 3.8) is 0 Å². The first-order valence-corrected chi connectivity index (χ1v) is 9.56. The van der Waals surface area contributed by atoms with Crippen LogP contribution in [-0.4, -0.2) is 30.3 Å². The van der Waals surface area contributed by atoms with Gasteiger partial charge in [0.1, 0.15) is 0 Å². The van der Waals surface area contributed by atoms with E-state index in [4.69, 9.17) is 4.74 Å². The van der Waals surface area contributed by atoms with Gasteiger partial charge in [-0.3, -0.25) is 4.98 Å². The van der Waals surface area contributed by atoms with Crippen LogP contribution >= 0.6 is 0 Å². The molecule has 0 radical (unpaired) electrons. The van der Waals surface area contributed by atoms with Gasteiger partial charge >= 0.3 is 0 Å². The Hall–Kier alpha value is -1.45. The Morgan fingerprint density at radius 1 is 1.00 bits per heavy atom. The van der Waals surface area contributed by atoms with Crippen molar-refractivity contribution in [2.75, 3.05) is 13.2 Å². The SMILES string of the molecule is c1ccc2c(C[C@@H]3COC[C@H]3NC3CCCCCC3)ccnc2c1. The van der Waals surface area contributed by atoms with Gasteiger partial charge in [0.05, 0.1) is 18.7 Å². The quantitative estimate of drug-likeness (QED) is 0.860. The summed E-state index contributed by atoms with van der Waals surface area (Å²) in [6, 6.07) is 11.8. The van der Waals surface area contributed by atoms with Gasteiger partial charge in [-0.15, -0.1) is 0 Å². The molecule has 0 spiro atoms. The monoisotopic (exact) mass is 324 g/mol. The van der Waals surface area contributed by atoms with Crippen LogP contribution in [0.1, 0.15) is 44.1 Å². The van der Waals surface area contributed by atoms with E-state index in [1.165, 1.54) is 49.5 Å². The Balaban J connectivity index is 1.46. The van der Waals surface area contributed by atoms with Gasteiger partial charge in [-0.2, -0.15) is 0 Å². The number of pyridine rings is 1. The van der Waals surface area contributed by atoms with E-state index in [-0.39, 0.29) is 0 Å². The van der Waals surface area contributed by atoms with Crippen molar-refractivity contribution < 1.29 is 4.74 Å². The number of para-hydroxylation sites is 1. The highest BCUT2D eigenvalue weighted by atomic mass is 16.5. The van der Waals surface area contributed by atoms with Crippen molar-refractivity contribution in [3.05, 3.63) is 42.1 Å². The summed E-state index contributed by atoms with van der Waals surface area (Å²) in [6.45, 7) is 1.74. The van der Waals surface area contributed by atoms with Crippen LogP contribution in [0, 0.1) is 5.92 Å². The van der Waals surface area contributed by atoms with Gasteiger partial charge in [0.2, 0.25) is 0 Å². The molecule has 2 aliphatic rings. The molecule has 0 unspecified atom stereocenters. The molecule has 2 aromatic rings. The number of hydrogen-bond acceptors (Lipinski definition) is 3. The largest absolute Gasteiger partial charge is 0.379 e. The molecule has 2 fully saturated rings. The average molecular weight is 324 g/mol. The number of nitrogens with one attached hydrogen (secondary N) is 1. The lowest BCUT2D eigenvalue weighted by Crippen LogP contribution is -2.43. The summed E-state index contributed by atoms with van der Waals surface area (Å²) in [6.07, 6.45) is 11.3. The minimum atomic E-state index is 0.500. The molecule has 2 atom stereocenters. The van der Waals surface area contributed by atoms with E-state index in [2.05, 4.69) is 40.6 Å². The van der Waals surface area contributed by atoms with Gasteiger partial charge in [-0.05, 0) is 37.0 Å². The zero-order valence-electron chi connectivity index (χ0n) is 14.4. The molecule has 1 aromatic carbocycles. The topological polar surface area (TPSA) is 34.1 Å². The van der Waals surface area contributed by atoms with Crippen molar-refractivity contribution in [2.45, 2.75) is 57.0 Å².